The number of methoxy groups -OCH3 is 1. The van der Waals surface area contributed by atoms with Gasteiger partial charge >= 0.3 is 5.97 Å². The third kappa shape index (κ3) is 2.85. The molecule has 1 aliphatic carbocycles. The molecule has 4 rings (SSSR count). The van der Waals surface area contributed by atoms with Gasteiger partial charge in [-0.25, -0.2) is 4.79 Å². The molecule has 0 bridgehead atoms. The molecule has 134 valence electrons. The van der Waals surface area contributed by atoms with Crippen molar-refractivity contribution in [3.8, 4) is 0 Å². The number of hydrogen-bond acceptors (Lipinski definition) is 4. The Morgan fingerprint density at radius 1 is 1.24 bits per heavy atom. The van der Waals surface area contributed by atoms with Crippen molar-refractivity contribution in [1.82, 2.24) is 4.57 Å². The third-order valence-electron chi connectivity index (χ3n) is 5.74. The van der Waals surface area contributed by atoms with Gasteiger partial charge in [0.25, 0.3) is 0 Å². The van der Waals surface area contributed by atoms with Crippen molar-refractivity contribution < 1.29 is 19.0 Å². The van der Waals surface area contributed by atoms with Gasteiger partial charge in [0, 0.05) is 36.0 Å². The summed E-state index contributed by atoms with van der Waals surface area (Å²) >= 11 is 0. The third-order valence-corrected chi connectivity index (χ3v) is 5.74. The number of aromatic nitrogens is 1. The number of para-hydroxylation sites is 1. The van der Waals surface area contributed by atoms with Crippen molar-refractivity contribution in [2.75, 3.05) is 20.3 Å². The monoisotopic (exact) mass is 343 g/mol. The van der Waals surface area contributed by atoms with E-state index < -0.39 is 0 Å². The smallest absolute Gasteiger partial charge is 0.340 e. The number of carbonyl (C=O) groups excluding carboxylic acids is 1. The molecule has 2 fully saturated rings. The largest absolute Gasteiger partial charge is 0.465 e. The summed E-state index contributed by atoms with van der Waals surface area (Å²) in [5.74, 6) is -0.0113. The highest BCUT2D eigenvalue weighted by molar-refractivity contribution is 6.05. The Morgan fingerprint density at radius 3 is 2.60 bits per heavy atom. The first-order valence-electron chi connectivity index (χ1n) is 9.07. The van der Waals surface area contributed by atoms with Crippen LogP contribution in [0.5, 0.6) is 0 Å². The van der Waals surface area contributed by atoms with Crippen LogP contribution in [-0.2, 0) is 20.8 Å². The van der Waals surface area contributed by atoms with Crippen LogP contribution in [0.1, 0.15) is 41.7 Å². The summed E-state index contributed by atoms with van der Waals surface area (Å²) in [6.07, 6.45) is 4.08. The van der Waals surface area contributed by atoms with Crippen LogP contribution in [0.4, 0.5) is 0 Å². The molecule has 0 atom stereocenters. The Labute approximate surface area is 147 Å². The summed E-state index contributed by atoms with van der Waals surface area (Å²) in [6.45, 7) is 4.36. The van der Waals surface area contributed by atoms with Crippen molar-refractivity contribution >= 4 is 16.9 Å². The number of hydrogen-bond donors (Lipinski definition) is 0. The van der Waals surface area contributed by atoms with Crippen molar-refractivity contribution in [3.63, 3.8) is 0 Å². The summed E-state index contributed by atoms with van der Waals surface area (Å²) in [5, 5.41) is 0.974. The molecule has 5 heteroatoms. The van der Waals surface area contributed by atoms with Crippen LogP contribution in [0.3, 0.4) is 0 Å². The summed E-state index contributed by atoms with van der Waals surface area (Å²) in [5.41, 5.74) is 2.78. The molecular formula is C20H25NO4. The summed E-state index contributed by atoms with van der Waals surface area (Å²) in [4.78, 5) is 12.3. The predicted octanol–water partition coefficient (Wildman–Crippen LogP) is 3.67. The van der Waals surface area contributed by atoms with Crippen LogP contribution >= 0.6 is 0 Å². The van der Waals surface area contributed by atoms with Gasteiger partial charge in [-0.05, 0) is 31.7 Å². The molecule has 1 saturated carbocycles. The summed E-state index contributed by atoms with van der Waals surface area (Å²) in [6, 6.07) is 8.08. The van der Waals surface area contributed by atoms with Gasteiger partial charge in [-0.15, -0.1) is 0 Å². The minimum Gasteiger partial charge on any atom is -0.465 e. The second-order valence-corrected chi connectivity index (χ2v) is 7.13. The Hall–Kier alpha value is -1.85. The minimum absolute atomic E-state index is 0.261. The van der Waals surface area contributed by atoms with Crippen LogP contribution in [0.2, 0.25) is 0 Å². The first-order chi connectivity index (χ1) is 12.1. The van der Waals surface area contributed by atoms with Gasteiger partial charge in [0.2, 0.25) is 0 Å². The Morgan fingerprint density at radius 2 is 1.92 bits per heavy atom. The first-order valence-corrected chi connectivity index (χ1v) is 9.07. The molecule has 5 nitrogen and oxygen atoms in total. The molecule has 1 saturated heterocycles. The van der Waals surface area contributed by atoms with Gasteiger partial charge in [-0.3, -0.25) is 0 Å². The average Bonchev–Trinajstić information content (AvgIpc) is 3.20. The quantitative estimate of drug-likeness (QED) is 0.798. The zero-order valence-corrected chi connectivity index (χ0v) is 14.9. The number of fused-ring (bicyclic) bond motifs is 1. The zero-order valence-electron chi connectivity index (χ0n) is 14.9. The lowest BCUT2D eigenvalue weighted by atomic mass is 9.85. The molecule has 2 aromatic rings. The van der Waals surface area contributed by atoms with Gasteiger partial charge in [-0.1, -0.05) is 18.2 Å². The standard InChI is InChI=1S/C20H25NO4/c1-14-18(19(22)23-2)16-5-3-4-6-17(16)21(14)13-15-7-9-20(10-8-15)24-11-12-25-20/h3-6,15H,7-13H2,1-2H3. The van der Waals surface area contributed by atoms with Crippen LogP contribution in [0.15, 0.2) is 24.3 Å². The topological polar surface area (TPSA) is 49.7 Å². The van der Waals surface area contributed by atoms with Gasteiger partial charge in [0.05, 0.1) is 25.9 Å². The molecule has 1 aromatic heterocycles. The maximum atomic E-state index is 12.3. The minimum atomic E-state index is -0.318. The molecule has 0 unspecified atom stereocenters. The van der Waals surface area contributed by atoms with Gasteiger partial charge in [0.15, 0.2) is 5.79 Å². The molecule has 0 N–H and O–H groups in total. The Kier molecular flexibility index (Phi) is 4.29. The second kappa shape index (κ2) is 6.46. The molecule has 2 aliphatic rings. The Balaban J connectivity index is 1.60. The fraction of sp³-hybridized carbons (Fsp3) is 0.550. The fourth-order valence-corrected chi connectivity index (χ4v) is 4.37. The van der Waals surface area contributed by atoms with E-state index in [2.05, 4.69) is 10.6 Å². The lowest BCUT2D eigenvalue weighted by Gasteiger charge is -2.35. The van der Waals surface area contributed by atoms with Crippen LogP contribution < -0.4 is 0 Å². The van der Waals surface area contributed by atoms with Crippen LogP contribution in [0.25, 0.3) is 10.9 Å². The zero-order chi connectivity index (χ0) is 17.4. The molecule has 1 aromatic carbocycles. The first kappa shape index (κ1) is 16.6. The predicted molar refractivity (Wildman–Crippen MR) is 94.6 cm³/mol. The lowest BCUT2D eigenvalue weighted by Crippen LogP contribution is -2.36. The van der Waals surface area contributed by atoms with Crippen molar-refractivity contribution in [3.05, 3.63) is 35.5 Å². The number of carbonyl (C=O) groups is 1. The maximum Gasteiger partial charge on any atom is 0.340 e. The molecule has 0 amide bonds. The second-order valence-electron chi connectivity index (χ2n) is 7.13. The highest BCUT2D eigenvalue weighted by Crippen LogP contribution is 2.39. The SMILES string of the molecule is COC(=O)c1c(C)n(CC2CCC3(CC2)OCCO3)c2ccccc12. The number of esters is 1. The fourth-order valence-electron chi connectivity index (χ4n) is 4.37. The normalized spacial score (nSPS) is 20.4. The van der Waals surface area contributed by atoms with Crippen molar-refractivity contribution in [1.29, 1.82) is 0 Å². The van der Waals surface area contributed by atoms with Crippen molar-refractivity contribution in [2.24, 2.45) is 5.92 Å². The maximum absolute atomic E-state index is 12.3. The highest BCUT2D eigenvalue weighted by Gasteiger charge is 2.40. The van der Waals surface area contributed by atoms with Gasteiger partial charge < -0.3 is 18.8 Å². The van der Waals surface area contributed by atoms with Gasteiger partial charge in [-0.2, -0.15) is 0 Å². The van der Waals surface area contributed by atoms with E-state index in [0.717, 1.165) is 48.8 Å². The van der Waals surface area contributed by atoms with Crippen LogP contribution in [0, 0.1) is 12.8 Å². The molecule has 1 spiro atoms. The molecule has 0 radical (unpaired) electrons. The number of benzene rings is 1. The van der Waals surface area contributed by atoms with E-state index in [9.17, 15) is 4.79 Å². The molecule has 1 aliphatic heterocycles. The highest BCUT2D eigenvalue weighted by atomic mass is 16.7. The lowest BCUT2D eigenvalue weighted by molar-refractivity contribution is -0.183. The number of nitrogens with zero attached hydrogens (tertiary/aromatic N) is 1. The van der Waals surface area contributed by atoms with E-state index in [4.69, 9.17) is 14.2 Å². The van der Waals surface area contributed by atoms with E-state index >= 15 is 0 Å². The van der Waals surface area contributed by atoms with Crippen LogP contribution in [-0.4, -0.2) is 36.6 Å². The van der Waals surface area contributed by atoms with Gasteiger partial charge in [0.1, 0.15) is 0 Å². The van der Waals surface area contributed by atoms with Crippen molar-refractivity contribution in [2.45, 2.75) is 44.9 Å². The summed E-state index contributed by atoms with van der Waals surface area (Å²) in [7, 11) is 1.44. The van der Waals surface area contributed by atoms with E-state index in [1.807, 2.05) is 25.1 Å². The molecule has 25 heavy (non-hydrogen) atoms. The number of ether oxygens (including phenoxy) is 3. The summed E-state index contributed by atoms with van der Waals surface area (Å²) < 4.78 is 19.0. The van der Waals surface area contributed by atoms with E-state index in [1.54, 1.807) is 0 Å². The van der Waals surface area contributed by atoms with E-state index in [-0.39, 0.29) is 11.8 Å². The van der Waals surface area contributed by atoms with E-state index in [1.165, 1.54) is 7.11 Å². The molecule has 2 heterocycles. The van der Waals surface area contributed by atoms with E-state index in [0.29, 0.717) is 24.7 Å². The Bertz CT molecular complexity index is 778. The average molecular weight is 343 g/mol. The number of rotatable bonds is 3. The molecular weight excluding hydrogens is 318 g/mol.